The molecule has 1 rings (SSSR count). The van der Waals surface area contributed by atoms with E-state index in [1.807, 2.05) is 6.92 Å². The van der Waals surface area contributed by atoms with Gasteiger partial charge in [0, 0.05) is 13.0 Å². The summed E-state index contributed by atoms with van der Waals surface area (Å²) in [5.74, 6) is 7.60. The molecule has 0 aromatic rings. The molecule has 0 saturated heterocycles. The third-order valence-electron chi connectivity index (χ3n) is 2.92. The van der Waals surface area contributed by atoms with Gasteiger partial charge >= 0.3 is 0 Å². The summed E-state index contributed by atoms with van der Waals surface area (Å²) in [6.07, 6.45) is 6.01. The lowest BCUT2D eigenvalue weighted by molar-refractivity contribution is 0.383. The largest absolute Gasteiger partial charge is 0.315 e. The standard InChI is InChI=1S/C14H23N/c1-4-5-6-7-15-11-14-9-12(2)8-13(3)10-14/h8,12,14-15H,6-7,9-11H2,1-3H3. The highest BCUT2D eigenvalue weighted by Gasteiger charge is 2.17. The Morgan fingerprint density at radius 1 is 1.53 bits per heavy atom. The predicted octanol–water partition coefficient (Wildman–Crippen LogP) is 2.98. The third-order valence-corrected chi connectivity index (χ3v) is 2.92. The van der Waals surface area contributed by atoms with Crippen LogP contribution in [0.1, 0.15) is 40.0 Å². The normalized spacial score (nSPS) is 25.4. The van der Waals surface area contributed by atoms with Crippen molar-refractivity contribution in [3.05, 3.63) is 11.6 Å². The molecule has 1 nitrogen and oxygen atoms in total. The van der Waals surface area contributed by atoms with E-state index < -0.39 is 0 Å². The molecular weight excluding hydrogens is 182 g/mol. The molecule has 0 bridgehead atoms. The van der Waals surface area contributed by atoms with E-state index in [0.29, 0.717) is 0 Å². The van der Waals surface area contributed by atoms with Crippen LogP contribution in [0, 0.1) is 23.7 Å². The molecule has 0 heterocycles. The van der Waals surface area contributed by atoms with Crippen molar-refractivity contribution in [2.75, 3.05) is 13.1 Å². The van der Waals surface area contributed by atoms with Crippen molar-refractivity contribution in [3.63, 3.8) is 0 Å². The summed E-state index contributed by atoms with van der Waals surface area (Å²) in [4.78, 5) is 0. The molecule has 2 atom stereocenters. The highest BCUT2D eigenvalue weighted by Crippen LogP contribution is 2.27. The highest BCUT2D eigenvalue weighted by atomic mass is 14.8. The van der Waals surface area contributed by atoms with Gasteiger partial charge in [-0.3, -0.25) is 0 Å². The first kappa shape index (κ1) is 12.3. The van der Waals surface area contributed by atoms with E-state index in [0.717, 1.165) is 31.3 Å². The van der Waals surface area contributed by atoms with Gasteiger partial charge in [-0.15, -0.1) is 11.8 Å². The van der Waals surface area contributed by atoms with Crippen molar-refractivity contribution in [3.8, 4) is 11.8 Å². The highest BCUT2D eigenvalue weighted by molar-refractivity contribution is 5.06. The van der Waals surface area contributed by atoms with Crippen LogP contribution in [0.5, 0.6) is 0 Å². The van der Waals surface area contributed by atoms with Crippen LogP contribution in [-0.2, 0) is 0 Å². The first-order valence-electron chi connectivity index (χ1n) is 6.00. The summed E-state index contributed by atoms with van der Waals surface area (Å²) in [6.45, 7) is 8.66. The van der Waals surface area contributed by atoms with Crippen LogP contribution in [-0.4, -0.2) is 13.1 Å². The Balaban J connectivity index is 2.16. The van der Waals surface area contributed by atoms with Crippen LogP contribution in [0.25, 0.3) is 0 Å². The van der Waals surface area contributed by atoms with Crippen LogP contribution in [0.15, 0.2) is 11.6 Å². The molecule has 0 amide bonds. The Morgan fingerprint density at radius 3 is 3.00 bits per heavy atom. The molecular formula is C14H23N. The average Bonchev–Trinajstić information content (AvgIpc) is 2.16. The van der Waals surface area contributed by atoms with E-state index in [-0.39, 0.29) is 0 Å². The SMILES string of the molecule is CC#CCCNCC1CC(C)=CC(C)C1. The van der Waals surface area contributed by atoms with Crippen LogP contribution >= 0.6 is 0 Å². The van der Waals surface area contributed by atoms with E-state index in [1.165, 1.54) is 12.8 Å². The van der Waals surface area contributed by atoms with E-state index in [2.05, 4.69) is 37.1 Å². The van der Waals surface area contributed by atoms with Gasteiger partial charge in [0.2, 0.25) is 0 Å². The van der Waals surface area contributed by atoms with Gasteiger partial charge in [0.25, 0.3) is 0 Å². The van der Waals surface area contributed by atoms with Crippen LogP contribution in [0.3, 0.4) is 0 Å². The minimum Gasteiger partial charge on any atom is -0.315 e. The minimum absolute atomic E-state index is 0.765. The maximum atomic E-state index is 3.50. The third kappa shape index (κ3) is 5.04. The number of rotatable bonds is 4. The molecule has 0 aliphatic heterocycles. The second-order valence-electron chi connectivity index (χ2n) is 4.68. The molecule has 0 radical (unpaired) electrons. The molecule has 0 aromatic heterocycles. The zero-order valence-corrected chi connectivity index (χ0v) is 10.3. The quantitative estimate of drug-likeness (QED) is 0.423. The summed E-state index contributed by atoms with van der Waals surface area (Å²) in [5, 5.41) is 3.50. The summed E-state index contributed by atoms with van der Waals surface area (Å²) in [5.41, 5.74) is 1.56. The molecule has 1 heteroatoms. The molecule has 0 fully saturated rings. The first-order chi connectivity index (χ1) is 7.22. The lowest BCUT2D eigenvalue weighted by Crippen LogP contribution is -2.26. The molecule has 0 spiro atoms. The lowest BCUT2D eigenvalue weighted by Gasteiger charge is -2.25. The number of allylic oxidation sites excluding steroid dienone is 2. The van der Waals surface area contributed by atoms with Crippen molar-refractivity contribution in [1.29, 1.82) is 0 Å². The van der Waals surface area contributed by atoms with Crippen molar-refractivity contribution in [2.24, 2.45) is 11.8 Å². The average molecular weight is 205 g/mol. The fourth-order valence-electron chi connectivity index (χ4n) is 2.42. The van der Waals surface area contributed by atoms with Gasteiger partial charge in [-0.2, -0.15) is 0 Å². The molecule has 0 saturated carbocycles. The zero-order chi connectivity index (χ0) is 11.1. The molecule has 1 N–H and O–H groups in total. The number of hydrogen-bond acceptors (Lipinski definition) is 1. The van der Waals surface area contributed by atoms with Crippen molar-refractivity contribution in [2.45, 2.75) is 40.0 Å². The lowest BCUT2D eigenvalue weighted by atomic mass is 9.84. The fraction of sp³-hybridized carbons (Fsp3) is 0.714. The van der Waals surface area contributed by atoms with Crippen LogP contribution in [0.2, 0.25) is 0 Å². The Kier molecular flexibility index (Phi) is 5.50. The Labute approximate surface area is 94.3 Å². The number of hydrogen-bond donors (Lipinski definition) is 1. The molecule has 84 valence electrons. The van der Waals surface area contributed by atoms with Crippen LogP contribution < -0.4 is 5.32 Å². The number of nitrogens with one attached hydrogen (secondary N) is 1. The topological polar surface area (TPSA) is 12.0 Å². The van der Waals surface area contributed by atoms with Gasteiger partial charge in [0.05, 0.1) is 0 Å². The Morgan fingerprint density at radius 2 is 2.33 bits per heavy atom. The second-order valence-corrected chi connectivity index (χ2v) is 4.68. The zero-order valence-electron chi connectivity index (χ0n) is 10.3. The summed E-state index contributed by atoms with van der Waals surface area (Å²) in [7, 11) is 0. The maximum absolute atomic E-state index is 3.50. The molecule has 2 unspecified atom stereocenters. The second kappa shape index (κ2) is 6.69. The van der Waals surface area contributed by atoms with Crippen molar-refractivity contribution >= 4 is 0 Å². The van der Waals surface area contributed by atoms with Crippen LogP contribution in [0.4, 0.5) is 0 Å². The minimum atomic E-state index is 0.765. The molecule has 1 aliphatic rings. The monoisotopic (exact) mass is 205 g/mol. The molecule has 1 aliphatic carbocycles. The molecule has 0 aromatic carbocycles. The van der Waals surface area contributed by atoms with E-state index in [9.17, 15) is 0 Å². The van der Waals surface area contributed by atoms with E-state index in [1.54, 1.807) is 5.57 Å². The van der Waals surface area contributed by atoms with Gasteiger partial charge in [-0.25, -0.2) is 0 Å². The molecule has 15 heavy (non-hydrogen) atoms. The van der Waals surface area contributed by atoms with Gasteiger partial charge in [0.1, 0.15) is 0 Å². The summed E-state index contributed by atoms with van der Waals surface area (Å²) in [6, 6.07) is 0. The van der Waals surface area contributed by atoms with E-state index >= 15 is 0 Å². The fourth-order valence-corrected chi connectivity index (χ4v) is 2.42. The van der Waals surface area contributed by atoms with Gasteiger partial charge in [-0.05, 0) is 45.1 Å². The predicted molar refractivity (Wildman–Crippen MR) is 66.6 cm³/mol. The first-order valence-corrected chi connectivity index (χ1v) is 6.00. The Hall–Kier alpha value is -0.740. The summed E-state index contributed by atoms with van der Waals surface area (Å²) >= 11 is 0. The smallest absolute Gasteiger partial charge is 0.0214 e. The van der Waals surface area contributed by atoms with Crippen molar-refractivity contribution in [1.82, 2.24) is 5.32 Å². The van der Waals surface area contributed by atoms with Gasteiger partial charge in [0.15, 0.2) is 0 Å². The van der Waals surface area contributed by atoms with Gasteiger partial charge < -0.3 is 5.32 Å². The van der Waals surface area contributed by atoms with Crippen molar-refractivity contribution < 1.29 is 0 Å². The Bertz CT molecular complexity index is 267. The van der Waals surface area contributed by atoms with E-state index in [4.69, 9.17) is 0 Å². The maximum Gasteiger partial charge on any atom is 0.0214 e. The summed E-state index contributed by atoms with van der Waals surface area (Å²) < 4.78 is 0. The van der Waals surface area contributed by atoms with Gasteiger partial charge in [-0.1, -0.05) is 18.6 Å².